The number of anilines is 3. The monoisotopic (exact) mass is 765 g/mol. The van der Waals surface area contributed by atoms with Crippen LogP contribution in [0.15, 0.2) is 66.7 Å². The lowest BCUT2D eigenvalue weighted by Crippen LogP contribution is -2.28. The first-order valence-electron chi connectivity index (χ1n) is 16.7. The molecule has 0 aliphatic carbocycles. The quantitative estimate of drug-likeness (QED) is 0.0894. The van der Waals surface area contributed by atoms with Crippen molar-refractivity contribution in [3.05, 3.63) is 88.6 Å². The number of methoxy groups -OCH3 is 2. The summed E-state index contributed by atoms with van der Waals surface area (Å²) in [6.45, 7) is 10.3. The molecule has 15 nitrogen and oxygen atoms in total. The van der Waals surface area contributed by atoms with Gasteiger partial charge in [-0.05, 0) is 89.6 Å². The minimum absolute atomic E-state index is 0.0292. The Kier molecular flexibility index (Phi) is 13.4. The highest BCUT2D eigenvalue weighted by Crippen LogP contribution is 2.30. The highest BCUT2D eigenvalue weighted by Gasteiger charge is 2.22. The molecule has 0 fully saturated rings. The zero-order valence-electron chi connectivity index (χ0n) is 31.3. The van der Waals surface area contributed by atoms with E-state index in [1.54, 1.807) is 79.0 Å². The van der Waals surface area contributed by atoms with E-state index in [1.807, 2.05) is 12.1 Å². The van der Waals surface area contributed by atoms with Crippen LogP contribution in [-0.4, -0.2) is 72.5 Å². The van der Waals surface area contributed by atoms with Crippen LogP contribution in [0, 0.1) is 0 Å². The van der Waals surface area contributed by atoms with Gasteiger partial charge in [0.25, 0.3) is 11.8 Å². The molecule has 0 atom stereocenters. The van der Waals surface area contributed by atoms with Crippen LogP contribution in [0.1, 0.15) is 68.0 Å². The van der Waals surface area contributed by atoms with Gasteiger partial charge in [0.05, 0.1) is 37.2 Å². The van der Waals surface area contributed by atoms with Crippen molar-refractivity contribution in [2.24, 2.45) is 0 Å². The fourth-order valence-electron chi connectivity index (χ4n) is 4.67. The van der Waals surface area contributed by atoms with Gasteiger partial charge in [-0.25, -0.2) is 9.59 Å². The molecule has 0 saturated carbocycles. The lowest BCUT2D eigenvalue weighted by molar-refractivity contribution is -0.0114. The smallest absolute Gasteiger partial charge is 0.497 e. The number of hydrogen-bond acceptors (Lipinski definition) is 11. The molecule has 3 amide bonds. The molecule has 0 spiro atoms. The molecule has 3 N–H and O–H groups in total. The third-order valence-corrected chi connectivity index (χ3v) is 7.29. The van der Waals surface area contributed by atoms with Gasteiger partial charge in [0.15, 0.2) is 5.82 Å². The van der Waals surface area contributed by atoms with E-state index in [0.717, 1.165) is 5.56 Å². The molecular formula is C38H44ClN5O10. The molecular weight excluding hydrogens is 722 g/mol. The van der Waals surface area contributed by atoms with Gasteiger partial charge in [0, 0.05) is 17.7 Å². The number of ether oxygens (including phenoxy) is 6. The van der Waals surface area contributed by atoms with Crippen molar-refractivity contribution in [1.82, 2.24) is 9.78 Å². The van der Waals surface area contributed by atoms with Crippen molar-refractivity contribution >= 4 is 52.9 Å². The second kappa shape index (κ2) is 17.7. The van der Waals surface area contributed by atoms with Crippen molar-refractivity contribution in [1.29, 1.82) is 0 Å². The maximum atomic E-state index is 14.0. The van der Waals surface area contributed by atoms with Crippen LogP contribution in [0.3, 0.4) is 0 Å². The molecule has 0 radical (unpaired) electrons. The molecule has 4 aromatic rings. The van der Waals surface area contributed by atoms with Gasteiger partial charge < -0.3 is 39.1 Å². The number of rotatable bonds is 13. The molecule has 54 heavy (non-hydrogen) atoms. The Morgan fingerprint density at radius 1 is 0.722 bits per heavy atom. The summed E-state index contributed by atoms with van der Waals surface area (Å²) in [5, 5.41) is 12.9. The Morgan fingerprint density at radius 2 is 1.41 bits per heavy atom. The lowest BCUT2D eigenvalue weighted by Gasteiger charge is -2.21. The van der Waals surface area contributed by atoms with E-state index >= 15 is 0 Å². The number of nitrogens with zero attached hydrogens (tertiary/aromatic N) is 2. The second-order valence-corrected chi connectivity index (χ2v) is 14.1. The molecule has 1 heterocycles. The minimum atomic E-state index is -0.837. The highest BCUT2D eigenvalue weighted by atomic mass is 35.5. The summed E-state index contributed by atoms with van der Waals surface area (Å²) in [6.07, 6.45) is -1.62. The summed E-state index contributed by atoms with van der Waals surface area (Å²) >= 11 is 6.23. The highest BCUT2D eigenvalue weighted by molar-refractivity contribution is 6.32. The van der Waals surface area contributed by atoms with Crippen molar-refractivity contribution in [2.75, 3.05) is 43.4 Å². The number of nitrogens with one attached hydrogen (secondary N) is 3. The van der Waals surface area contributed by atoms with Gasteiger partial charge in [0.2, 0.25) is 0 Å². The minimum Gasteiger partial charge on any atom is -0.497 e. The summed E-state index contributed by atoms with van der Waals surface area (Å²) in [7, 11) is 3.02. The van der Waals surface area contributed by atoms with Crippen LogP contribution in [0.2, 0.25) is 5.02 Å². The van der Waals surface area contributed by atoms with Gasteiger partial charge in [-0.1, -0.05) is 23.7 Å². The SMILES string of the molecule is COc1ccc(Cn2nc(NC(=O)c3ccc(OC)c(Cl)c3)cc2C(=O)Nc2ccc(OCCOC(=O)OC(C)(C)C)cc2NC(=O)OC(C)(C)C)cc1. The number of carbonyl (C=O) groups excluding carboxylic acids is 4. The van der Waals surface area contributed by atoms with E-state index in [0.29, 0.717) is 17.2 Å². The normalized spacial score (nSPS) is 11.2. The average Bonchev–Trinajstić information content (AvgIpc) is 3.48. The summed E-state index contributed by atoms with van der Waals surface area (Å²) in [4.78, 5) is 51.9. The number of halogens is 1. The zero-order chi connectivity index (χ0) is 39.6. The van der Waals surface area contributed by atoms with E-state index in [-0.39, 0.29) is 53.2 Å². The number of carbonyl (C=O) groups is 4. The number of aromatic nitrogens is 2. The van der Waals surface area contributed by atoms with Crippen LogP contribution in [-0.2, 0) is 20.8 Å². The maximum absolute atomic E-state index is 14.0. The van der Waals surface area contributed by atoms with Gasteiger partial charge in [-0.3, -0.25) is 19.6 Å². The predicted octanol–water partition coefficient (Wildman–Crippen LogP) is 7.78. The number of amides is 3. The summed E-state index contributed by atoms with van der Waals surface area (Å²) in [6, 6.07) is 17.7. The van der Waals surface area contributed by atoms with Crippen LogP contribution in [0.4, 0.5) is 26.8 Å². The molecule has 0 bridgehead atoms. The molecule has 0 aliphatic heterocycles. The summed E-state index contributed by atoms with van der Waals surface area (Å²) in [5.41, 5.74) is -0.0720. The van der Waals surface area contributed by atoms with E-state index in [9.17, 15) is 19.2 Å². The van der Waals surface area contributed by atoms with E-state index in [4.69, 9.17) is 40.0 Å². The van der Waals surface area contributed by atoms with Gasteiger partial charge >= 0.3 is 12.2 Å². The van der Waals surface area contributed by atoms with Crippen LogP contribution in [0.25, 0.3) is 0 Å². The van der Waals surface area contributed by atoms with Crippen molar-refractivity contribution in [3.63, 3.8) is 0 Å². The van der Waals surface area contributed by atoms with Gasteiger partial charge in [-0.15, -0.1) is 0 Å². The average molecular weight is 766 g/mol. The van der Waals surface area contributed by atoms with Crippen LogP contribution >= 0.6 is 11.6 Å². The molecule has 4 rings (SSSR count). The van der Waals surface area contributed by atoms with Crippen molar-refractivity contribution < 1.29 is 47.6 Å². The summed E-state index contributed by atoms with van der Waals surface area (Å²) in [5.74, 6) is 0.307. The molecule has 0 unspecified atom stereocenters. The van der Waals surface area contributed by atoms with Crippen LogP contribution < -0.4 is 30.2 Å². The lowest BCUT2D eigenvalue weighted by atomic mass is 10.2. The second-order valence-electron chi connectivity index (χ2n) is 13.7. The molecule has 16 heteroatoms. The van der Waals surface area contributed by atoms with Gasteiger partial charge in [0.1, 0.15) is 47.4 Å². The van der Waals surface area contributed by atoms with Crippen molar-refractivity contribution in [2.45, 2.75) is 59.3 Å². The molecule has 0 aliphatic rings. The van der Waals surface area contributed by atoms with Gasteiger partial charge in [-0.2, -0.15) is 5.10 Å². The molecule has 288 valence electrons. The number of hydrogen-bond donors (Lipinski definition) is 3. The fourth-order valence-corrected chi connectivity index (χ4v) is 4.93. The summed E-state index contributed by atoms with van der Waals surface area (Å²) < 4.78 is 33.2. The Balaban J connectivity index is 1.60. The third-order valence-electron chi connectivity index (χ3n) is 7.00. The topological polar surface area (TPSA) is 178 Å². The Bertz CT molecular complexity index is 1970. The van der Waals surface area contributed by atoms with E-state index in [1.165, 1.54) is 36.1 Å². The standard InChI is InChI=1S/C38H44ClN5O10/c1-37(2,3)53-35(47)41-29-20-26(51-17-18-52-36(48)54-38(4,5)6)14-15-28(29)40-34(46)30-21-32(42-33(45)24-11-16-31(50-8)27(39)19-24)43-44(30)22-23-9-12-25(49-7)13-10-23/h9-16,19-21H,17-18,22H2,1-8H3,(H,40,46)(H,41,47)(H,42,43,45). The first-order chi connectivity index (χ1) is 25.4. The van der Waals surface area contributed by atoms with E-state index in [2.05, 4.69) is 21.0 Å². The van der Waals surface area contributed by atoms with E-state index < -0.39 is 35.3 Å². The third kappa shape index (κ3) is 12.3. The van der Waals surface area contributed by atoms with Crippen LogP contribution in [0.5, 0.6) is 17.2 Å². The first-order valence-corrected chi connectivity index (χ1v) is 17.1. The first kappa shape index (κ1) is 40.8. The Labute approximate surface area is 318 Å². The Morgan fingerprint density at radius 3 is 2.04 bits per heavy atom. The van der Waals surface area contributed by atoms with Crippen molar-refractivity contribution in [3.8, 4) is 17.2 Å². The molecule has 1 aromatic heterocycles. The Hall–Kier alpha value is -5.96. The zero-order valence-corrected chi connectivity index (χ0v) is 32.1. The fraction of sp³-hybridized carbons (Fsp3) is 0.342. The molecule has 3 aromatic carbocycles. The largest absolute Gasteiger partial charge is 0.508 e. The maximum Gasteiger partial charge on any atom is 0.508 e. The predicted molar refractivity (Wildman–Crippen MR) is 202 cm³/mol. The number of benzene rings is 3. The molecule has 0 saturated heterocycles.